The van der Waals surface area contributed by atoms with Crippen molar-refractivity contribution in [2.75, 3.05) is 32.2 Å². The van der Waals surface area contributed by atoms with Crippen molar-refractivity contribution in [1.82, 2.24) is 15.6 Å². The number of benzene rings is 2. The van der Waals surface area contributed by atoms with E-state index in [2.05, 4.69) is 44.8 Å². The number of aromatic nitrogens is 1. The molecule has 33 heavy (non-hydrogen) atoms. The van der Waals surface area contributed by atoms with Crippen molar-refractivity contribution in [1.29, 1.82) is 0 Å². The van der Waals surface area contributed by atoms with Crippen LogP contribution < -0.4 is 25.0 Å². The number of nitrogens with zero attached hydrogens (tertiary/aromatic N) is 2. The molecular weight excluding hydrogens is 416 g/mol. The van der Waals surface area contributed by atoms with E-state index >= 15 is 0 Å². The molecule has 2 N–H and O–H groups in total. The molecule has 1 aromatic heterocycles. The van der Waals surface area contributed by atoms with Crippen molar-refractivity contribution in [3.8, 4) is 11.5 Å². The van der Waals surface area contributed by atoms with E-state index in [9.17, 15) is 4.79 Å². The standard InChI is InChI=1S/C26H30N4O3/c1-32-23-9-7-19(15-24(23)33-2)11-13-27-26(31)29-17-20-8-10-25(28-16-20)30-14-12-21-5-3-4-6-22(21)18-30/h3-10,15-16H,11-14,17-18H2,1-2H3,(H2,27,29,31). The van der Waals surface area contributed by atoms with Crippen molar-refractivity contribution in [2.24, 2.45) is 0 Å². The van der Waals surface area contributed by atoms with Gasteiger partial charge in [-0.15, -0.1) is 0 Å². The summed E-state index contributed by atoms with van der Waals surface area (Å²) in [6.45, 7) is 2.79. The van der Waals surface area contributed by atoms with Crippen LogP contribution in [0.5, 0.6) is 11.5 Å². The fourth-order valence-electron chi connectivity index (χ4n) is 4.00. The third-order valence-corrected chi connectivity index (χ3v) is 5.86. The van der Waals surface area contributed by atoms with Gasteiger partial charge in [-0.05, 0) is 53.3 Å². The predicted octanol–water partition coefficient (Wildman–Crippen LogP) is 3.70. The maximum atomic E-state index is 12.2. The van der Waals surface area contributed by atoms with Crippen molar-refractivity contribution < 1.29 is 14.3 Å². The molecule has 3 aromatic rings. The maximum absolute atomic E-state index is 12.2. The third-order valence-electron chi connectivity index (χ3n) is 5.86. The molecule has 2 heterocycles. The minimum absolute atomic E-state index is 0.202. The molecule has 0 atom stereocenters. The van der Waals surface area contributed by atoms with Crippen molar-refractivity contribution in [3.05, 3.63) is 83.0 Å². The lowest BCUT2D eigenvalue weighted by molar-refractivity contribution is 0.240. The van der Waals surface area contributed by atoms with E-state index in [0.29, 0.717) is 31.0 Å². The van der Waals surface area contributed by atoms with E-state index in [1.807, 2.05) is 36.5 Å². The first-order valence-corrected chi connectivity index (χ1v) is 11.2. The third kappa shape index (κ3) is 5.74. The fraction of sp³-hybridized carbons (Fsp3) is 0.308. The molecule has 0 saturated carbocycles. The largest absolute Gasteiger partial charge is 0.493 e. The zero-order valence-electron chi connectivity index (χ0n) is 19.1. The highest BCUT2D eigenvalue weighted by atomic mass is 16.5. The molecule has 0 aliphatic carbocycles. The van der Waals surface area contributed by atoms with Crippen LogP contribution in [0.3, 0.4) is 0 Å². The molecule has 0 spiro atoms. The van der Waals surface area contributed by atoms with Crippen LogP contribution in [0, 0.1) is 0 Å². The molecule has 0 radical (unpaired) electrons. The van der Waals surface area contributed by atoms with Gasteiger partial charge in [0.15, 0.2) is 11.5 Å². The van der Waals surface area contributed by atoms with E-state index in [-0.39, 0.29) is 6.03 Å². The second-order valence-electron chi connectivity index (χ2n) is 8.01. The van der Waals surface area contributed by atoms with Gasteiger partial charge in [0.2, 0.25) is 0 Å². The van der Waals surface area contributed by atoms with Gasteiger partial charge < -0.3 is 25.0 Å². The summed E-state index contributed by atoms with van der Waals surface area (Å²) in [7, 11) is 3.22. The van der Waals surface area contributed by atoms with Crippen molar-refractivity contribution in [3.63, 3.8) is 0 Å². The molecule has 0 fully saturated rings. The highest BCUT2D eigenvalue weighted by Gasteiger charge is 2.16. The first-order chi connectivity index (χ1) is 16.2. The van der Waals surface area contributed by atoms with Gasteiger partial charge in [-0.1, -0.05) is 36.4 Å². The maximum Gasteiger partial charge on any atom is 0.315 e. The Kier molecular flexibility index (Phi) is 7.29. The first kappa shape index (κ1) is 22.5. The molecule has 4 rings (SSSR count). The van der Waals surface area contributed by atoms with Gasteiger partial charge in [0.1, 0.15) is 5.82 Å². The van der Waals surface area contributed by atoms with E-state index in [1.165, 1.54) is 11.1 Å². The average Bonchev–Trinajstić information content (AvgIpc) is 2.87. The second-order valence-corrected chi connectivity index (χ2v) is 8.01. The molecular formula is C26H30N4O3. The molecule has 2 aromatic carbocycles. The number of hydrogen-bond acceptors (Lipinski definition) is 5. The molecule has 2 amide bonds. The average molecular weight is 447 g/mol. The smallest absolute Gasteiger partial charge is 0.315 e. The van der Waals surface area contributed by atoms with Gasteiger partial charge >= 0.3 is 6.03 Å². The van der Waals surface area contributed by atoms with Gasteiger partial charge in [0, 0.05) is 32.4 Å². The summed E-state index contributed by atoms with van der Waals surface area (Å²) < 4.78 is 10.6. The minimum atomic E-state index is -0.202. The van der Waals surface area contributed by atoms with Crippen LogP contribution in [0.25, 0.3) is 0 Å². The number of carbonyl (C=O) groups excluding carboxylic acids is 1. The Labute approximate surface area is 194 Å². The van der Waals surface area contributed by atoms with Crippen molar-refractivity contribution >= 4 is 11.8 Å². The Bertz CT molecular complexity index is 1090. The Morgan fingerprint density at radius 2 is 1.76 bits per heavy atom. The number of carbonyl (C=O) groups is 1. The molecule has 7 nitrogen and oxygen atoms in total. The minimum Gasteiger partial charge on any atom is -0.493 e. The lowest BCUT2D eigenvalue weighted by atomic mass is 10.00. The normalized spacial score (nSPS) is 12.6. The number of rotatable bonds is 8. The van der Waals surface area contributed by atoms with Crippen LogP contribution >= 0.6 is 0 Å². The van der Waals surface area contributed by atoms with Gasteiger partial charge in [-0.3, -0.25) is 0 Å². The Morgan fingerprint density at radius 1 is 0.970 bits per heavy atom. The highest BCUT2D eigenvalue weighted by Crippen LogP contribution is 2.27. The second kappa shape index (κ2) is 10.7. The quantitative estimate of drug-likeness (QED) is 0.552. The highest BCUT2D eigenvalue weighted by molar-refractivity contribution is 5.73. The fourth-order valence-corrected chi connectivity index (χ4v) is 4.00. The molecule has 0 unspecified atom stereocenters. The molecule has 172 valence electrons. The SMILES string of the molecule is COc1ccc(CCNC(=O)NCc2ccc(N3CCc4ccccc4C3)nc2)cc1OC. The lowest BCUT2D eigenvalue weighted by Gasteiger charge is -2.29. The van der Waals surface area contributed by atoms with E-state index in [1.54, 1.807) is 14.2 Å². The number of fused-ring (bicyclic) bond motifs is 1. The van der Waals surface area contributed by atoms with Crippen LogP contribution in [0.2, 0.25) is 0 Å². The van der Waals surface area contributed by atoms with Crippen LogP contribution in [-0.4, -0.2) is 38.3 Å². The van der Waals surface area contributed by atoms with Gasteiger partial charge in [0.25, 0.3) is 0 Å². The van der Waals surface area contributed by atoms with Gasteiger partial charge in [-0.2, -0.15) is 0 Å². The number of urea groups is 1. The van der Waals surface area contributed by atoms with E-state index in [4.69, 9.17) is 9.47 Å². The Hall–Kier alpha value is -3.74. The number of nitrogens with one attached hydrogen (secondary N) is 2. The molecule has 7 heteroatoms. The number of ether oxygens (including phenoxy) is 2. The monoisotopic (exact) mass is 446 g/mol. The number of amides is 2. The predicted molar refractivity (Wildman–Crippen MR) is 129 cm³/mol. The van der Waals surface area contributed by atoms with E-state index < -0.39 is 0 Å². The lowest BCUT2D eigenvalue weighted by Crippen LogP contribution is -2.36. The Morgan fingerprint density at radius 3 is 2.52 bits per heavy atom. The van der Waals surface area contributed by atoms with Gasteiger partial charge in [-0.25, -0.2) is 9.78 Å². The topological polar surface area (TPSA) is 75.7 Å². The summed E-state index contributed by atoms with van der Waals surface area (Å²) in [5.74, 6) is 2.34. The molecule has 1 aliphatic rings. The molecule has 1 aliphatic heterocycles. The van der Waals surface area contributed by atoms with Gasteiger partial charge in [0.05, 0.1) is 14.2 Å². The Balaban J connectivity index is 1.21. The van der Waals surface area contributed by atoms with Crippen LogP contribution in [0.1, 0.15) is 22.3 Å². The summed E-state index contributed by atoms with van der Waals surface area (Å²) in [5.41, 5.74) is 4.81. The first-order valence-electron chi connectivity index (χ1n) is 11.2. The summed E-state index contributed by atoms with van der Waals surface area (Å²) >= 11 is 0. The number of hydrogen-bond donors (Lipinski definition) is 2. The van der Waals surface area contributed by atoms with Crippen LogP contribution in [0.15, 0.2) is 60.8 Å². The molecule has 0 bridgehead atoms. The zero-order chi connectivity index (χ0) is 23.0. The summed E-state index contributed by atoms with van der Waals surface area (Å²) in [6, 6.07) is 18.2. The van der Waals surface area contributed by atoms with Crippen LogP contribution in [0.4, 0.5) is 10.6 Å². The van der Waals surface area contributed by atoms with E-state index in [0.717, 1.165) is 36.5 Å². The zero-order valence-corrected chi connectivity index (χ0v) is 19.1. The van der Waals surface area contributed by atoms with Crippen molar-refractivity contribution in [2.45, 2.75) is 25.9 Å². The summed E-state index contributed by atoms with van der Waals surface area (Å²) in [4.78, 5) is 19.1. The number of methoxy groups -OCH3 is 2. The number of anilines is 1. The molecule has 0 saturated heterocycles. The summed E-state index contributed by atoms with van der Waals surface area (Å²) in [5, 5.41) is 5.78. The summed E-state index contributed by atoms with van der Waals surface area (Å²) in [6.07, 6.45) is 3.56. The number of pyridine rings is 1. The van der Waals surface area contributed by atoms with Crippen LogP contribution in [-0.2, 0) is 25.9 Å².